The molecular formula is C11H12N2O3S. The molecule has 0 aliphatic carbocycles. The number of para-hydroxylation sites is 1. The Hall–Kier alpha value is -1.66. The molecule has 0 saturated heterocycles. The van der Waals surface area contributed by atoms with Crippen molar-refractivity contribution in [3.8, 4) is 0 Å². The molecule has 17 heavy (non-hydrogen) atoms. The van der Waals surface area contributed by atoms with Crippen molar-refractivity contribution >= 4 is 32.7 Å². The van der Waals surface area contributed by atoms with Crippen LogP contribution in [0.2, 0.25) is 0 Å². The predicted molar refractivity (Wildman–Crippen MR) is 66.1 cm³/mol. The third-order valence-corrected chi connectivity index (χ3v) is 3.21. The van der Waals surface area contributed by atoms with Gasteiger partial charge in [-0.15, -0.1) is 0 Å². The van der Waals surface area contributed by atoms with Gasteiger partial charge >= 0.3 is 5.97 Å². The Morgan fingerprint density at radius 3 is 3.06 bits per heavy atom. The number of aliphatic hydroxyl groups excluding tert-OH is 1. The van der Waals surface area contributed by atoms with Crippen LogP contribution >= 0.6 is 11.3 Å². The van der Waals surface area contributed by atoms with Gasteiger partial charge in [-0.25, -0.2) is 9.78 Å². The van der Waals surface area contributed by atoms with Gasteiger partial charge < -0.3 is 15.2 Å². The minimum atomic E-state index is -1.17. The summed E-state index contributed by atoms with van der Waals surface area (Å²) in [6, 6.07) is 7.73. The van der Waals surface area contributed by atoms with Crippen LogP contribution in [0.15, 0.2) is 24.3 Å². The zero-order chi connectivity index (χ0) is 12.3. The molecule has 0 aliphatic heterocycles. The first kappa shape index (κ1) is 11.8. The van der Waals surface area contributed by atoms with Gasteiger partial charge in [-0.2, -0.15) is 0 Å². The third kappa shape index (κ3) is 2.72. The molecule has 1 aromatic carbocycles. The zero-order valence-corrected chi connectivity index (χ0v) is 10.0. The standard InChI is InChI=1S/C11H12N2O3S/c1-16-10(15)8(14)6-12-11-13-7-4-2-3-5-9(7)17-11/h2-5,8,14H,6H2,1H3,(H,12,13). The van der Waals surface area contributed by atoms with Crippen molar-refractivity contribution in [3.63, 3.8) is 0 Å². The number of methoxy groups -OCH3 is 1. The zero-order valence-electron chi connectivity index (χ0n) is 9.21. The van der Waals surface area contributed by atoms with E-state index in [2.05, 4.69) is 15.0 Å². The summed E-state index contributed by atoms with van der Waals surface area (Å²) in [7, 11) is 1.24. The predicted octanol–water partition coefficient (Wildman–Crippen LogP) is 1.24. The van der Waals surface area contributed by atoms with Gasteiger partial charge in [0.2, 0.25) is 0 Å². The van der Waals surface area contributed by atoms with E-state index in [0.717, 1.165) is 10.2 Å². The molecule has 90 valence electrons. The average Bonchev–Trinajstić information content (AvgIpc) is 2.77. The lowest BCUT2D eigenvalue weighted by molar-refractivity contribution is -0.149. The van der Waals surface area contributed by atoms with Gasteiger partial charge in [0, 0.05) is 0 Å². The molecule has 1 aromatic heterocycles. The van der Waals surface area contributed by atoms with Crippen molar-refractivity contribution in [1.82, 2.24) is 4.98 Å². The largest absolute Gasteiger partial charge is 0.467 e. The number of aromatic nitrogens is 1. The van der Waals surface area contributed by atoms with Crippen molar-refractivity contribution in [3.05, 3.63) is 24.3 Å². The second kappa shape index (κ2) is 5.11. The van der Waals surface area contributed by atoms with Gasteiger partial charge in [0.25, 0.3) is 0 Å². The summed E-state index contributed by atoms with van der Waals surface area (Å²) >= 11 is 1.47. The second-order valence-corrected chi connectivity index (χ2v) is 4.44. The Morgan fingerprint density at radius 2 is 2.35 bits per heavy atom. The number of hydrogen-bond acceptors (Lipinski definition) is 6. The van der Waals surface area contributed by atoms with Crippen molar-refractivity contribution in [2.24, 2.45) is 0 Å². The number of aliphatic hydroxyl groups is 1. The van der Waals surface area contributed by atoms with E-state index in [1.165, 1.54) is 18.4 Å². The maximum atomic E-state index is 11.0. The minimum Gasteiger partial charge on any atom is -0.467 e. The number of carbonyl (C=O) groups is 1. The molecule has 5 nitrogen and oxygen atoms in total. The molecule has 0 aliphatic rings. The number of thiazole rings is 1. The lowest BCUT2D eigenvalue weighted by Crippen LogP contribution is -2.29. The number of esters is 1. The van der Waals surface area contributed by atoms with Crippen molar-refractivity contribution < 1.29 is 14.6 Å². The molecule has 0 saturated carbocycles. The lowest BCUT2D eigenvalue weighted by atomic mass is 10.3. The summed E-state index contributed by atoms with van der Waals surface area (Å²) in [6.45, 7) is 0.0898. The van der Waals surface area contributed by atoms with E-state index in [0.29, 0.717) is 5.13 Å². The van der Waals surface area contributed by atoms with Crippen LogP contribution in [0.4, 0.5) is 5.13 Å². The number of fused-ring (bicyclic) bond motifs is 1. The van der Waals surface area contributed by atoms with Crippen LogP contribution in [0.3, 0.4) is 0 Å². The van der Waals surface area contributed by atoms with E-state index in [9.17, 15) is 9.90 Å². The van der Waals surface area contributed by atoms with Gasteiger partial charge in [-0.1, -0.05) is 23.5 Å². The number of rotatable bonds is 4. The van der Waals surface area contributed by atoms with E-state index in [-0.39, 0.29) is 6.54 Å². The summed E-state index contributed by atoms with van der Waals surface area (Å²) in [6.07, 6.45) is -1.17. The van der Waals surface area contributed by atoms with E-state index in [1.807, 2.05) is 24.3 Å². The molecule has 0 bridgehead atoms. The Morgan fingerprint density at radius 1 is 1.59 bits per heavy atom. The van der Waals surface area contributed by atoms with Crippen LogP contribution in [0.5, 0.6) is 0 Å². The minimum absolute atomic E-state index is 0.0898. The average molecular weight is 252 g/mol. The fraction of sp³-hybridized carbons (Fsp3) is 0.273. The third-order valence-electron chi connectivity index (χ3n) is 2.21. The molecule has 1 atom stereocenters. The Bertz CT molecular complexity index is 493. The number of anilines is 1. The van der Waals surface area contributed by atoms with Crippen LogP contribution in [0.25, 0.3) is 10.2 Å². The molecule has 1 heterocycles. The molecule has 2 rings (SSSR count). The molecule has 0 amide bonds. The summed E-state index contributed by atoms with van der Waals surface area (Å²) in [5, 5.41) is 13.0. The first-order chi connectivity index (χ1) is 8.20. The van der Waals surface area contributed by atoms with Gasteiger partial charge in [0.05, 0.1) is 23.9 Å². The van der Waals surface area contributed by atoms with E-state index in [4.69, 9.17) is 0 Å². The lowest BCUT2D eigenvalue weighted by Gasteiger charge is -2.07. The summed E-state index contributed by atoms with van der Waals surface area (Å²) < 4.78 is 5.47. The highest BCUT2D eigenvalue weighted by atomic mass is 32.1. The molecule has 1 unspecified atom stereocenters. The first-order valence-electron chi connectivity index (χ1n) is 5.06. The van der Waals surface area contributed by atoms with Crippen LogP contribution < -0.4 is 5.32 Å². The Labute approximate surface area is 102 Å². The second-order valence-electron chi connectivity index (χ2n) is 3.41. The highest BCUT2D eigenvalue weighted by Crippen LogP contribution is 2.25. The van der Waals surface area contributed by atoms with Gasteiger partial charge in [0.1, 0.15) is 0 Å². The molecule has 6 heteroatoms. The fourth-order valence-corrected chi connectivity index (χ4v) is 2.22. The summed E-state index contributed by atoms with van der Waals surface area (Å²) in [5.41, 5.74) is 0.896. The first-order valence-corrected chi connectivity index (χ1v) is 5.87. The smallest absolute Gasteiger partial charge is 0.336 e. The molecule has 0 spiro atoms. The summed E-state index contributed by atoms with van der Waals surface area (Å²) in [4.78, 5) is 15.3. The van der Waals surface area contributed by atoms with E-state index >= 15 is 0 Å². The Kier molecular flexibility index (Phi) is 3.55. The number of nitrogens with zero attached hydrogens (tertiary/aromatic N) is 1. The van der Waals surface area contributed by atoms with Crippen LogP contribution in [-0.4, -0.2) is 35.8 Å². The van der Waals surface area contributed by atoms with Gasteiger partial charge in [-0.05, 0) is 12.1 Å². The van der Waals surface area contributed by atoms with Crippen LogP contribution in [-0.2, 0) is 9.53 Å². The Balaban J connectivity index is 2.01. The van der Waals surface area contributed by atoms with E-state index in [1.54, 1.807) is 0 Å². The SMILES string of the molecule is COC(=O)C(O)CNc1nc2ccccc2s1. The maximum absolute atomic E-state index is 11.0. The number of ether oxygens (including phenoxy) is 1. The normalized spacial score (nSPS) is 12.4. The number of nitrogens with one attached hydrogen (secondary N) is 1. The quantitative estimate of drug-likeness (QED) is 0.801. The highest BCUT2D eigenvalue weighted by Gasteiger charge is 2.15. The van der Waals surface area contributed by atoms with Crippen LogP contribution in [0, 0.1) is 0 Å². The number of benzene rings is 1. The van der Waals surface area contributed by atoms with Crippen molar-refractivity contribution in [2.75, 3.05) is 19.0 Å². The maximum Gasteiger partial charge on any atom is 0.336 e. The fourth-order valence-electron chi connectivity index (χ4n) is 1.35. The monoisotopic (exact) mass is 252 g/mol. The molecular weight excluding hydrogens is 240 g/mol. The molecule has 2 aromatic rings. The number of hydrogen-bond donors (Lipinski definition) is 2. The van der Waals surface area contributed by atoms with E-state index < -0.39 is 12.1 Å². The van der Waals surface area contributed by atoms with Gasteiger partial charge in [0.15, 0.2) is 11.2 Å². The summed E-state index contributed by atoms with van der Waals surface area (Å²) in [5.74, 6) is -0.654. The highest BCUT2D eigenvalue weighted by molar-refractivity contribution is 7.22. The van der Waals surface area contributed by atoms with Gasteiger partial charge in [-0.3, -0.25) is 0 Å². The molecule has 0 fully saturated rings. The topological polar surface area (TPSA) is 71.5 Å². The van der Waals surface area contributed by atoms with Crippen molar-refractivity contribution in [1.29, 1.82) is 0 Å². The number of carbonyl (C=O) groups excluding carboxylic acids is 1. The molecule has 2 N–H and O–H groups in total. The van der Waals surface area contributed by atoms with Crippen molar-refractivity contribution in [2.45, 2.75) is 6.10 Å². The molecule has 0 radical (unpaired) electrons. The van der Waals surface area contributed by atoms with Crippen LogP contribution in [0.1, 0.15) is 0 Å².